The van der Waals surface area contributed by atoms with Gasteiger partial charge >= 0.3 is 12.1 Å². The number of ether oxygens (including phenoxy) is 2. The van der Waals surface area contributed by atoms with Gasteiger partial charge in [-0.25, -0.2) is 18.6 Å². The van der Waals surface area contributed by atoms with Gasteiger partial charge in [0, 0.05) is 38.6 Å². The molecule has 0 N–H and O–H groups in total. The van der Waals surface area contributed by atoms with Crippen LogP contribution in [0.5, 0.6) is 6.01 Å². The Bertz CT molecular complexity index is 1600. The van der Waals surface area contributed by atoms with E-state index >= 15 is 4.39 Å². The molecule has 3 saturated heterocycles. The summed E-state index contributed by atoms with van der Waals surface area (Å²) in [5.41, 5.74) is 4.05. The van der Waals surface area contributed by atoms with E-state index < -0.39 is 31.2 Å². The van der Waals surface area contributed by atoms with Gasteiger partial charge in [-0.05, 0) is 63.7 Å². The van der Waals surface area contributed by atoms with E-state index in [0.717, 1.165) is 19.4 Å². The fourth-order valence-corrected chi connectivity index (χ4v) is 13.9. The molecule has 13 heteroatoms. The normalized spacial score (nSPS) is 23.4. The quantitative estimate of drug-likeness (QED) is 0.163. The molecule has 1 amide bonds. The number of halogens is 3. The lowest BCUT2D eigenvalue weighted by molar-refractivity contribution is 0.0158. The highest BCUT2D eigenvalue weighted by Gasteiger charge is 2.49. The summed E-state index contributed by atoms with van der Waals surface area (Å²) >= 11 is 6.46. The molecule has 270 valence electrons. The third-order valence-corrected chi connectivity index (χ3v) is 17.3. The van der Waals surface area contributed by atoms with Crippen molar-refractivity contribution in [2.45, 2.75) is 128 Å². The molecule has 2 aromatic heterocycles. The van der Waals surface area contributed by atoms with Crippen LogP contribution in [0, 0.1) is 17.3 Å². The van der Waals surface area contributed by atoms with Crippen LogP contribution in [0.4, 0.5) is 19.4 Å². The molecular weight excluding hydrogens is 666 g/mol. The molecule has 5 rings (SSSR count). The molecule has 0 saturated carbocycles. The molecular formula is C36H53ClF2N6O3Si. The summed E-state index contributed by atoms with van der Waals surface area (Å²) in [5.74, 6) is 3.03. The van der Waals surface area contributed by atoms with Crippen molar-refractivity contribution in [3.63, 3.8) is 0 Å². The highest BCUT2D eigenvalue weighted by Crippen LogP contribution is 2.42. The number of alkyl halides is 1. The lowest BCUT2D eigenvalue weighted by Crippen LogP contribution is -2.55. The second-order valence-electron chi connectivity index (χ2n) is 16.1. The Balaban J connectivity index is 1.62. The van der Waals surface area contributed by atoms with Gasteiger partial charge in [0.05, 0.1) is 10.9 Å². The second kappa shape index (κ2) is 14.1. The molecule has 0 unspecified atom stereocenters. The summed E-state index contributed by atoms with van der Waals surface area (Å²) in [5, 5.41) is 0.0437. The van der Waals surface area contributed by atoms with Gasteiger partial charge in [0.1, 0.15) is 43.5 Å². The van der Waals surface area contributed by atoms with Crippen molar-refractivity contribution >= 4 is 42.5 Å². The number of aromatic nitrogens is 3. The highest BCUT2D eigenvalue weighted by atomic mass is 35.5. The average molecular weight is 719 g/mol. The van der Waals surface area contributed by atoms with Crippen LogP contribution in [0.3, 0.4) is 0 Å². The summed E-state index contributed by atoms with van der Waals surface area (Å²) < 4.78 is 42.5. The predicted octanol–water partition coefficient (Wildman–Crippen LogP) is 7.79. The van der Waals surface area contributed by atoms with Crippen LogP contribution in [0.15, 0.2) is 0 Å². The van der Waals surface area contributed by atoms with E-state index in [9.17, 15) is 9.18 Å². The average Bonchev–Trinajstić information content (AvgIpc) is 3.52. The van der Waals surface area contributed by atoms with Gasteiger partial charge in [-0.1, -0.05) is 59.1 Å². The molecule has 3 aliphatic rings. The molecule has 0 spiro atoms. The number of hydrogen-bond donors (Lipinski definition) is 0. The van der Waals surface area contributed by atoms with E-state index in [1.54, 1.807) is 4.90 Å². The van der Waals surface area contributed by atoms with Crippen molar-refractivity contribution < 1.29 is 23.0 Å². The van der Waals surface area contributed by atoms with E-state index in [1.165, 1.54) is 0 Å². The summed E-state index contributed by atoms with van der Waals surface area (Å²) in [7, 11) is -2.21. The summed E-state index contributed by atoms with van der Waals surface area (Å²) in [6, 6.07) is -0.255. The largest absolute Gasteiger partial charge is 0.461 e. The molecule has 5 heterocycles. The van der Waals surface area contributed by atoms with Gasteiger partial charge in [-0.15, -0.1) is 5.54 Å². The molecule has 3 fully saturated rings. The van der Waals surface area contributed by atoms with Gasteiger partial charge in [0.2, 0.25) is 0 Å². The van der Waals surface area contributed by atoms with E-state index in [0.29, 0.717) is 66.1 Å². The Morgan fingerprint density at radius 1 is 1.06 bits per heavy atom. The minimum atomic E-state index is -2.21. The van der Waals surface area contributed by atoms with Crippen molar-refractivity contribution in [3.8, 4) is 17.5 Å². The standard InChI is InChI=1S/C36H53ClF2N6O3Si/c1-22(2)49(23(3)4,24(5)6)17-12-27-28-30(29(39)31(37)40-27)41-33(47-21-36-13-11-14-44(36)20-26(38)18-36)42-32(28)43-15-16-45(25(7)19-43)34(46)48-35(8,9)10/h22-26H,11,13-16,18-21H2,1-10H3/t25-,26+,36-/m0/s1. The van der Waals surface area contributed by atoms with Crippen molar-refractivity contribution in [1.82, 2.24) is 24.8 Å². The number of carbonyl (C=O) groups is 1. The van der Waals surface area contributed by atoms with Crippen LogP contribution < -0.4 is 9.64 Å². The fourth-order valence-electron chi connectivity index (χ4n) is 8.48. The third-order valence-electron chi connectivity index (χ3n) is 10.8. The SMILES string of the molecule is CC(C)[Si](C#Cc1nc(Cl)c(F)c2nc(OC[C@@]34CCCN3C[C@H](F)C4)nc(N3CCN(C(=O)OC(C)(C)C)[C@@H](C)C3)c12)(C(C)C)C(C)C. The molecule has 3 aliphatic heterocycles. The van der Waals surface area contributed by atoms with E-state index in [1.807, 2.05) is 32.6 Å². The smallest absolute Gasteiger partial charge is 0.410 e. The van der Waals surface area contributed by atoms with E-state index in [2.05, 4.69) is 67.9 Å². The molecule has 2 aromatic rings. The number of piperazine rings is 1. The Morgan fingerprint density at radius 3 is 2.35 bits per heavy atom. The molecule has 49 heavy (non-hydrogen) atoms. The number of anilines is 1. The topological polar surface area (TPSA) is 83.9 Å². The van der Waals surface area contributed by atoms with Gasteiger partial charge in [-0.3, -0.25) is 4.90 Å². The van der Waals surface area contributed by atoms with Gasteiger partial charge in [0.15, 0.2) is 11.0 Å². The van der Waals surface area contributed by atoms with Crippen LogP contribution in [-0.2, 0) is 4.74 Å². The lowest BCUT2D eigenvalue weighted by atomic mass is 9.95. The van der Waals surface area contributed by atoms with Crippen LogP contribution in [0.2, 0.25) is 21.8 Å². The number of pyridine rings is 1. The van der Waals surface area contributed by atoms with Crippen LogP contribution in [0.1, 0.15) is 94.2 Å². The van der Waals surface area contributed by atoms with Crippen LogP contribution in [-0.4, -0.2) is 102 Å². The first-order valence-corrected chi connectivity index (χ1v) is 20.4. The van der Waals surface area contributed by atoms with Crippen LogP contribution in [0.25, 0.3) is 10.9 Å². The second-order valence-corrected chi connectivity index (χ2v) is 22.0. The zero-order valence-corrected chi connectivity index (χ0v) is 32.5. The lowest BCUT2D eigenvalue weighted by Gasteiger charge is -2.41. The first kappa shape index (κ1) is 37.5. The van der Waals surface area contributed by atoms with Gasteiger partial charge in [-0.2, -0.15) is 9.97 Å². The van der Waals surface area contributed by atoms with Crippen molar-refractivity contribution in [1.29, 1.82) is 0 Å². The Labute approximate surface area is 296 Å². The van der Waals surface area contributed by atoms with Crippen LogP contribution >= 0.6 is 11.6 Å². The van der Waals surface area contributed by atoms with Gasteiger partial charge < -0.3 is 19.3 Å². The first-order chi connectivity index (χ1) is 22.9. The Kier molecular flexibility index (Phi) is 10.8. The number of rotatable bonds is 7. The number of nitrogens with zero attached hydrogens (tertiary/aromatic N) is 6. The maximum Gasteiger partial charge on any atom is 0.410 e. The minimum absolute atomic E-state index is 0.0106. The monoisotopic (exact) mass is 718 g/mol. The minimum Gasteiger partial charge on any atom is -0.461 e. The molecule has 0 aliphatic carbocycles. The molecule has 3 atom stereocenters. The number of amides is 1. The maximum atomic E-state index is 16.0. The predicted molar refractivity (Wildman–Crippen MR) is 193 cm³/mol. The Hall–Kier alpha value is -2.75. The third kappa shape index (κ3) is 7.36. The number of hydrogen-bond acceptors (Lipinski definition) is 8. The zero-order chi connectivity index (χ0) is 36.1. The Morgan fingerprint density at radius 2 is 1.73 bits per heavy atom. The zero-order valence-electron chi connectivity index (χ0n) is 30.8. The van der Waals surface area contributed by atoms with Crippen molar-refractivity contribution in [2.24, 2.45) is 0 Å². The van der Waals surface area contributed by atoms with Crippen molar-refractivity contribution in [3.05, 3.63) is 16.7 Å². The van der Waals surface area contributed by atoms with Gasteiger partial charge in [0.25, 0.3) is 0 Å². The molecule has 9 nitrogen and oxygen atoms in total. The summed E-state index contributed by atoms with van der Waals surface area (Å²) in [6.07, 6.45) is 0.860. The highest BCUT2D eigenvalue weighted by molar-refractivity contribution is 6.90. The summed E-state index contributed by atoms with van der Waals surface area (Å²) in [4.78, 5) is 32.9. The molecule has 0 aromatic carbocycles. The first-order valence-electron chi connectivity index (χ1n) is 17.7. The number of carbonyl (C=O) groups excluding carboxylic acids is 1. The molecule has 0 radical (unpaired) electrons. The van der Waals surface area contributed by atoms with E-state index in [4.69, 9.17) is 26.1 Å². The molecule has 0 bridgehead atoms. The summed E-state index contributed by atoms with van der Waals surface area (Å²) in [6.45, 7) is 23.4. The van der Waals surface area contributed by atoms with Crippen molar-refractivity contribution in [2.75, 3.05) is 44.2 Å². The maximum absolute atomic E-state index is 16.0. The van der Waals surface area contributed by atoms with E-state index in [-0.39, 0.29) is 35.4 Å². The number of fused-ring (bicyclic) bond motifs is 2. The fraction of sp³-hybridized carbons (Fsp3) is 0.722.